The molecule has 0 aromatic carbocycles. The summed E-state index contributed by atoms with van der Waals surface area (Å²) in [5.41, 5.74) is 2.04. The number of nitrogens with one attached hydrogen (secondary N) is 1. The quantitative estimate of drug-likeness (QED) is 0.793. The Morgan fingerprint density at radius 2 is 2.30 bits per heavy atom. The largest absolute Gasteiger partial charge is 0.378 e. The van der Waals surface area contributed by atoms with Gasteiger partial charge in [0.05, 0.1) is 29.7 Å². The van der Waals surface area contributed by atoms with E-state index in [4.69, 9.17) is 4.74 Å². The highest BCUT2D eigenvalue weighted by Gasteiger charge is 2.17. The molecule has 1 N–H and O–H groups in total. The fraction of sp³-hybridized carbons (Fsp3) is 0.750. The van der Waals surface area contributed by atoms with Gasteiger partial charge < -0.3 is 10.1 Å². The van der Waals surface area contributed by atoms with Crippen LogP contribution >= 0.6 is 0 Å². The van der Waals surface area contributed by atoms with Crippen molar-refractivity contribution < 1.29 is 4.74 Å². The lowest BCUT2D eigenvalue weighted by molar-refractivity contribution is 0.101. The average Bonchev–Trinajstić information content (AvgIpc) is 2.97. The molecule has 1 aliphatic rings. The molecule has 2 rings (SSSR count). The summed E-state index contributed by atoms with van der Waals surface area (Å²) in [5, 5.41) is 3.59. The number of rotatable bonds is 8. The SMILES string of the molecule is CCCNC(CCCC1CCCO1)c1cnc(C)cn1. The highest BCUT2D eigenvalue weighted by Crippen LogP contribution is 2.22. The zero-order chi connectivity index (χ0) is 14.2. The number of ether oxygens (including phenoxy) is 1. The van der Waals surface area contributed by atoms with Crippen molar-refractivity contribution in [1.82, 2.24) is 15.3 Å². The van der Waals surface area contributed by atoms with Crippen LogP contribution in [-0.2, 0) is 4.74 Å². The Morgan fingerprint density at radius 1 is 1.40 bits per heavy atom. The van der Waals surface area contributed by atoms with Gasteiger partial charge in [-0.3, -0.25) is 9.97 Å². The van der Waals surface area contributed by atoms with Crippen LogP contribution in [0, 0.1) is 6.92 Å². The van der Waals surface area contributed by atoms with E-state index in [1.807, 2.05) is 19.3 Å². The number of hydrogen-bond acceptors (Lipinski definition) is 4. The third kappa shape index (κ3) is 4.84. The maximum absolute atomic E-state index is 5.69. The predicted molar refractivity (Wildman–Crippen MR) is 80.6 cm³/mol. The lowest BCUT2D eigenvalue weighted by Gasteiger charge is -2.18. The monoisotopic (exact) mass is 277 g/mol. The van der Waals surface area contributed by atoms with Gasteiger partial charge in [-0.25, -0.2) is 0 Å². The molecule has 4 heteroatoms. The summed E-state index contributed by atoms with van der Waals surface area (Å²) in [6, 6.07) is 0.324. The van der Waals surface area contributed by atoms with Crippen molar-refractivity contribution in [3.63, 3.8) is 0 Å². The van der Waals surface area contributed by atoms with Gasteiger partial charge in [-0.15, -0.1) is 0 Å². The van der Waals surface area contributed by atoms with Crippen molar-refractivity contribution in [3.8, 4) is 0 Å². The van der Waals surface area contributed by atoms with E-state index < -0.39 is 0 Å². The van der Waals surface area contributed by atoms with Crippen LogP contribution in [0.2, 0.25) is 0 Å². The van der Waals surface area contributed by atoms with E-state index in [2.05, 4.69) is 22.2 Å². The van der Waals surface area contributed by atoms with Gasteiger partial charge in [0, 0.05) is 12.8 Å². The standard InChI is InChI=1S/C16H27N3O/c1-3-9-17-15(16-12-18-13(2)11-19-16)8-4-6-14-7-5-10-20-14/h11-12,14-15,17H,3-10H2,1-2H3. The lowest BCUT2D eigenvalue weighted by Crippen LogP contribution is -2.23. The molecule has 0 spiro atoms. The van der Waals surface area contributed by atoms with Gasteiger partial charge >= 0.3 is 0 Å². The van der Waals surface area contributed by atoms with E-state index in [9.17, 15) is 0 Å². The van der Waals surface area contributed by atoms with Crippen LogP contribution in [0.4, 0.5) is 0 Å². The molecule has 2 unspecified atom stereocenters. The Labute approximate surface area is 122 Å². The van der Waals surface area contributed by atoms with E-state index in [1.165, 1.54) is 25.7 Å². The first-order valence-electron chi connectivity index (χ1n) is 7.93. The molecular weight excluding hydrogens is 250 g/mol. The second kappa shape index (κ2) is 8.32. The Balaban J connectivity index is 1.84. The summed E-state index contributed by atoms with van der Waals surface area (Å²) in [6.07, 6.45) is 11.3. The Hall–Kier alpha value is -1.00. The molecule has 112 valence electrons. The highest BCUT2D eigenvalue weighted by molar-refractivity contribution is 5.05. The van der Waals surface area contributed by atoms with Gasteiger partial charge in [0.1, 0.15) is 0 Å². The van der Waals surface area contributed by atoms with Crippen molar-refractivity contribution in [2.75, 3.05) is 13.2 Å². The van der Waals surface area contributed by atoms with Crippen molar-refractivity contribution >= 4 is 0 Å². The maximum Gasteiger partial charge on any atom is 0.0756 e. The minimum absolute atomic E-state index is 0.324. The van der Waals surface area contributed by atoms with Gasteiger partial charge in [-0.05, 0) is 52.0 Å². The van der Waals surface area contributed by atoms with Crippen molar-refractivity contribution in [3.05, 3.63) is 23.8 Å². The van der Waals surface area contributed by atoms with Crippen molar-refractivity contribution in [2.24, 2.45) is 0 Å². The van der Waals surface area contributed by atoms with Crippen molar-refractivity contribution in [1.29, 1.82) is 0 Å². The van der Waals surface area contributed by atoms with Crippen LogP contribution in [0.3, 0.4) is 0 Å². The van der Waals surface area contributed by atoms with Gasteiger partial charge in [0.2, 0.25) is 0 Å². The fourth-order valence-electron chi connectivity index (χ4n) is 2.68. The molecule has 20 heavy (non-hydrogen) atoms. The summed E-state index contributed by atoms with van der Waals surface area (Å²) < 4.78 is 5.69. The van der Waals surface area contributed by atoms with Crippen LogP contribution in [-0.4, -0.2) is 29.2 Å². The smallest absolute Gasteiger partial charge is 0.0756 e. The molecule has 0 aliphatic carbocycles. The van der Waals surface area contributed by atoms with E-state index in [0.717, 1.165) is 37.4 Å². The molecule has 1 aromatic heterocycles. The van der Waals surface area contributed by atoms with Crippen LogP contribution < -0.4 is 5.32 Å². The normalized spacial score (nSPS) is 20.2. The topological polar surface area (TPSA) is 47.0 Å². The van der Waals surface area contributed by atoms with E-state index in [0.29, 0.717) is 12.1 Å². The van der Waals surface area contributed by atoms with E-state index in [-0.39, 0.29) is 0 Å². The summed E-state index contributed by atoms with van der Waals surface area (Å²) in [5.74, 6) is 0. The minimum Gasteiger partial charge on any atom is -0.378 e. The third-order valence-electron chi connectivity index (χ3n) is 3.84. The Bertz CT molecular complexity index is 374. The molecule has 4 nitrogen and oxygen atoms in total. The second-order valence-corrected chi connectivity index (χ2v) is 5.66. The zero-order valence-corrected chi connectivity index (χ0v) is 12.8. The molecule has 2 atom stereocenters. The Kier molecular flexibility index (Phi) is 6.40. The van der Waals surface area contributed by atoms with Gasteiger partial charge in [-0.2, -0.15) is 0 Å². The number of aromatic nitrogens is 2. The van der Waals surface area contributed by atoms with E-state index >= 15 is 0 Å². The van der Waals surface area contributed by atoms with Crippen LogP contribution in [0.25, 0.3) is 0 Å². The van der Waals surface area contributed by atoms with Crippen LogP contribution in [0.15, 0.2) is 12.4 Å². The third-order valence-corrected chi connectivity index (χ3v) is 3.84. The van der Waals surface area contributed by atoms with Gasteiger partial charge in [-0.1, -0.05) is 6.92 Å². The van der Waals surface area contributed by atoms with Crippen molar-refractivity contribution in [2.45, 2.75) is 64.5 Å². The van der Waals surface area contributed by atoms with Gasteiger partial charge in [0.15, 0.2) is 0 Å². The number of hydrogen-bond donors (Lipinski definition) is 1. The maximum atomic E-state index is 5.69. The Morgan fingerprint density at radius 3 is 2.95 bits per heavy atom. The first kappa shape index (κ1) is 15.4. The van der Waals surface area contributed by atoms with Crippen LogP contribution in [0.1, 0.15) is 62.9 Å². The zero-order valence-electron chi connectivity index (χ0n) is 12.8. The molecule has 0 radical (unpaired) electrons. The average molecular weight is 277 g/mol. The van der Waals surface area contributed by atoms with Gasteiger partial charge in [0.25, 0.3) is 0 Å². The molecule has 0 bridgehead atoms. The predicted octanol–water partition coefficient (Wildman–Crippen LogP) is 3.18. The van der Waals surface area contributed by atoms with Crippen LogP contribution in [0.5, 0.6) is 0 Å². The molecule has 0 amide bonds. The molecule has 2 heterocycles. The number of aryl methyl sites for hydroxylation is 1. The van der Waals surface area contributed by atoms with E-state index in [1.54, 1.807) is 0 Å². The summed E-state index contributed by atoms with van der Waals surface area (Å²) in [7, 11) is 0. The molecule has 1 saturated heterocycles. The first-order chi connectivity index (χ1) is 9.79. The summed E-state index contributed by atoms with van der Waals surface area (Å²) in [6.45, 7) is 6.14. The molecule has 1 fully saturated rings. The fourth-order valence-corrected chi connectivity index (χ4v) is 2.68. The minimum atomic E-state index is 0.324. The first-order valence-corrected chi connectivity index (χ1v) is 7.93. The molecule has 1 aliphatic heterocycles. The highest BCUT2D eigenvalue weighted by atomic mass is 16.5. The molecular formula is C16H27N3O. The summed E-state index contributed by atoms with van der Waals surface area (Å²) in [4.78, 5) is 8.89. The second-order valence-electron chi connectivity index (χ2n) is 5.66. The number of nitrogens with zero attached hydrogens (tertiary/aromatic N) is 2. The molecule has 1 aromatic rings. The molecule has 0 saturated carbocycles. The summed E-state index contributed by atoms with van der Waals surface area (Å²) >= 11 is 0. The lowest BCUT2D eigenvalue weighted by atomic mass is 10.0.